The molecule has 5 heteroatoms. The van der Waals surface area contributed by atoms with Crippen LogP contribution in [-0.4, -0.2) is 35.9 Å². The van der Waals surface area contributed by atoms with E-state index in [1.54, 1.807) is 0 Å². The molecule has 0 saturated carbocycles. The molecule has 4 rings (SSSR count). The highest BCUT2D eigenvalue weighted by molar-refractivity contribution is 6.31. The fraction of sp³-hybridized carbons (Fsp3) is 0.250. The standard InChI is InChI=1S/C16H15ClN4/c1-20-14-10-11(17)5-6-12(14)15-19-8-9-21(15)16(20)13-4-2-3-7-18-13/h2-7,10,16H,8-9H2,1H3. The summed E-state index contributed by atoms with van der Waals surface area (Å²) in [5, 5.41) is 0.743. The summed E-state index contributed by atoms with van der Waals surface area (Å²) in [5.41, 5.74) is 3.28. The van der Waals surface area contributed by atoms with E-state index in [-0.39, 0.29) is 6.17 Å². The molecule has 2 aromatic rings. The fourth-order valence-electron chi connectivity index (χ4n) is 3.15. The Morgan fingerprint density at radius 3 is 2.95 bits per heavy atom. The van der Waals surface area contributed by atoms with Gasteiger partial charge in [0.25, 0.3) is 0 Å². The summed E-state index contributed by atoms with van der Waals surface area (Å²) in [4.78, 5) is 13.8. The number of halogens is 1. The summed E-state index contributed by atoms with van der Waals surface area (Å²) in [7, 11) is 2.09. The zero-order valence-corrected chi connectivity index (χ0v) is 12.5. The maximum atomic E-state index is 6.18. The summed E-state index contributed by atoms with van der Waals surface area (Å²) in [5.74, 6) is 1.05. The third-order valence-electron chi connectivity index (χ3n) is 4.07. The van der Waals surface area contributed by atoms with Crippen LogP contribution in [0.25, 0.3) is 0 Å². The Morgan fingerprint density at radius 1 is 1.24 bits per heavy atom. The molecule has 1 aromatic heterocycles. The van der Waals surface area contributed by atoms with E-state index in [1.165, 1.54) is 0 Å². The second-order valence-electron chi connectivity index (χ2n) is 5.30. The van der Waals surface area contributed by atoms with Crippen LogP contribution in [0.5, 0.6) is 0 Å². The Hall–Kier alpha value is -2.07. The number of hydrogen-bond donors (Lipinski definition) is 0. The number of pyridine rings is 1. The van der Waals surface area contributed by atoms with Crippen LogP contribution in [0.1, 0.15) is 17.4 Å². The highest BCUT2D eigenvalue weighted by Gasteiger charge is 2.37. The van der Waals surface area contributed by atoms with Crippen LogP contribution in [0.15, 0.2) is 47.6 Å². The number of aromatic nitrogens is 1. The van der Waals surface area contributed by atoms with Crippen LogP contribution >= 0.6 is 11.6 Å². The van der Waals surface area contributed by atoms with Gasteiger partial charge in [0.15, 0.2) is 0 Å². The highest BCUT2D eigenvalue weighted by Crippen LogP contribution is 2.39. The van der Waals surface area contributed by atoms with Gasteiger partial charge in [-0.1, -0.05) is 17.7 Å². The number of fused-ring (bicyclic) bond motifs is 3. The molecule has 0 N–H and O–H groups in total. The van der Waals surface area contributed by atoms with Crippen molar-refractivity contribution in [3.8, 4) is 0 Å². The minimum atomic E-state index is 0.0680. The first-order valence-corrected chi connectivity index (χ1v) is 7.38. The lowest BCUT2D eigenvalue weighted by Gasteiger charge is -2.43. The van der Waals surface area contributed by atoms with E-state index in [1.807, 2.05) is 30.5 Å². The van der Waals surface area contributed by atoms with Gasteiger partial charge in [0.1, 0.15) is 12.0 Å². The van der Waals surface area contributed by atoms with E-state index in [0.717, 1.165) is 40.9 Å². The van der Waals surface area contributed by atoms with Crippen LogP contribution in [0.2, 0.25) is 5.02 Å². The zero-order valence-electron chi connectivity index (χ0n) is 11.7. The minimum Gasteiger partial charge on any atom is -0.349 e. The number of aliphatic imine (C=N–C) groups is 1. The van der Waals surface area contributed by atoms with Crippen molar-refractivity contribution in [2.45, 2.75) is 6.17 Å². The van der Waals surface area contributed by atoms with Crippen LogP contribution < -0.4 is 4.90 Å². The van der Waals surface area contributed by atoms with Crippen molar-refractivity contribution in [3.05, 3.63) is 58.9 Å². The summed E-state index contributed by atoms with van der Waals surface area (Å²) in [6.07, 6.45) is 1.90. The van der Waals surface area contributed by atoms with Gasteiger partial charge in [-0.3, -0.25) is 9.98 Å². The molecule has 3 heterocycles. The molecule has 0 amide bonds. The monoisotopic (exact) mass is 298 g/mol. The Balaban J connectivity index is 1.89. The highest BCUT2D eigenvalue weighted by atomic mass is 35.5. The van der Waals surface area contributed by atoms with Gasteiger partial charge in [-0.15, -0.1) is 0 Å². The second kappa shape index (κ2) is 4.74. The lowest BCUT2D eigenvalue weighted by molar-refractivity contribution is 0.325. The number of nitrogens with zero attached hydrogens (tertiary/aromatic N) is 4. The first-order chi connectivity index (χ1) is 10.3. The van der Waals surface area contributed by atoms with Crippen LogP contribution in [0.4, 0.5) is 5.69 Å². The maximum Gasteiger partial charge on any atom is 0.146 e. The molecule has 2 aliphatic rings. The largest absolute Gasteiger partial charge is 0.349 e. The Bertz CT molecular complexity index is 713. The quantitative estimate of drug-likeness (QED) is 0.811. The fourth-order valence-corrected chi connectivity index (χ4v) is 3.32. The van der Waals surface area contributed by atoms with Gasteiger partial charge in [0.05, 0.1) is 17.9 Å². The number of rotatable bonds is 1. The number of anilines is 1. The molecule has 0 spiro atoms. The predicted molar refractivity (Wildman–Crippen MR) is 84.9 cm³/mol. The van der Waals surface area contributed by atoms with E-state index in [4.69, 9.17) is 11.6 Å². The summed E-state index contributed by atoms with van der Waals surface area (Å²) in [6.45, 7) is 1.75. The molecule has 0 bridgehead atoms. The van der Waals surface area contributed by atoms with E-state index >= 15 is 0 Å². The first-order valence-electron chi connectivity index (χ1n) is 7.00. The Kier molecular flexibility index (Phi) is 2.86. The summed E-state index contributed by atoms with van der Waals surface area (Å²) in [6, 6.07) is 12.0. The summed E-state index contributed by atoms with van der Waals surface area (Å²) < 4.78 is 0. The van der Waals surface area contributed by atoms with Crippen molar-refractivity contribution in [1.29, 1.82) is 0 Å². The SMILES string of the molecule is CN1c2cc(Cl)ccc2C2=NCCN2C1c1ccccn1. The zero-order chi connectivity index (χ0) is 14.4. The van der Waals surface area contributed by atoms with Gasteiger partial charge in [-0.25, -0.2) is 0 Å². The molecular weight excluding hydrogens is 284 g/mol. The van der Waals surface area contributed by atoms with E-state index in [9.17, 15) is 0 Å². The van der Waals surface area contributed by atoms with E-state index < -0.39 is 0 Å². The van der Waals surface area contributed by atoms with Gasteiger partial charge in [0, 0.05) is 30.4 Å². The van der Waals surface area contributed by atoms with Crippen molar-refractivity contribution in [1.82, 2.24) is 9.88 Å². The van der Waals surface area contributed by atoms with Crippen molar-refractivity contribution in [3.63, 3.8) is 0 Å². The number of amidine groups is 1. The van der Waals surface area contributed by atoms with Crippen LogP contribution in [0, 0.1) is 0 Å². The molecule has 2 aliphatic heterocycles. The van der Waals surface area contributed by atoms with E-state index in [2.05, 4.69) is 39.0 Å². The van der Waals surface area contributed by atoms with Crippen LogP contribution in [0.3, 0.4) is 0 Å². The van der Waals surface area contributed by atoms with Gasteiger partial charge in [0.2, 0.25) is 0 Å². The average Bonchev–Trinajstić information content (AvgIpc) is 2.98. The topological polar surface area (TPSA) is 31.7 Å². The van der Waals surface area contributed by atoms with Crippen molar-refractivity contribution < 1.29 is 0 Å². The van der Waals surface area contributed by atoms with Gasteiger partial charge < -0.3 is 9.80 Å². The van der Waals surface area contributed by atoms with Crippen molar-refractivity contribution >= 4 is 23.1 Å². The first kappa shape index (κ1) is 12.7. The van der Waals surface area contributed by atoms with Crippen LogP contribution in [-0.2, 0) is 0 Å². The molecule has 1 unspecified atom stereocenters. The molecule has 0 saturated heterocycles. The molecule has 21 heavy (non-hydrogen) atoms. The lowest BCUT2D eigenvalue weighted by atomic mass is 10.0. The molecule has 1 atom stereocenters. The smallest absolute Gasteiger partial charge is 0.146 e. The van der Waals surface area contributed by atoms with E-state index in [0.29, 0.717) is 0 Å². The van der Waals surface area contributed by atoms with Gasteiger partial charge >= 0.3 is 0 Å². The second-order valence-corrected chi connectivity index (χ2v) is 5.74. The maximum absolute atomic E-state index is 6.18. The predicted octanol–water partition coefficient (Wildman–Crippen LogP) is 2.95. The van der Waals surface area contributed by atoms with Gasteiger partial charge in [-0.2, -0.15) is 0 Å². The molecular formula is C16H15ClN4. The third-order valence-corrected chi connectivity index (χ3v) is 4.30. The number of benzene rings is 1. The molecule has 4 nitrogen and oxygen atoms in total. The normalized spacial score (nSPS) is 20.1. The lowest BCUT2D eigenvalue weighted by Crippen LogP contribution is -2.46. The third kappa shape index (κ3) is 1.90. The Labute approximate surface area is 128 Å². The van der Waals surface area contributed by atoms with Crippen molar-refractivity contribution in [2.24, 2.45) is 4.99 Å². The molecule has 1 aromatic carbocycles. The molecule has 0 radical (unpaired) electrons. The molecule has 0 fully saturated rings. The minimum absolute atomic E-state index is 0.0680. The molecule has 106 valence electrons. The Morgan fingerprint density at radius 2 is 2.14 bits per heavy atom. The number of hydrogen-bond acceptors (Lipinski definition) is 4. The summed E-state index contributed by atoms with van der Waals surface area (Å²) >= 11 is 6.18. The molecule has 0 aliphatic carbocycles. The van der Waals surface area contributed by atoms with Gasteiger partial charge in [-0.05, 0) is 30.3 Å². The average molecular weight is 299 g/mol. The van der Waals surface area contributed by atoms with Crippen molar-refractivity contribution in [2.75, 3.05) is 25.0 Å².